The standard InChI is InChI=1S/C2H7NO3.H2O/c3-1-2(4)6-5;/h2,4-5H,1,3H2;1H2. The number of hydrogen-bond acceptors (Lipinski definition) is 4. The van der Waals surface area contributed by atoms with Crippen LogP contribution in [0.25, 0.3) is 0 Å². The Morgan fingerprint density at radius 2 is 2.14 bits per heavy atom. The molecule has 1 unspecified atom stereocenters. The third kappa shape index (κ3) is 5.80. The Kier molecular flexibility index (Phi) is 8.23. The zero-order valence-corrected chi connectivity index (χ0v) is 3.66. The summed E-state index contributed by atoms with van der Waals surface area (Å²) in [6, 6.07) is 0. The lowest BCUT2D eigenvalue weighted by molar-refractivity contribution is -0.329. The monoisotopic (exact) mass is 111 g/mol. The molecule has 0 heterocycles. The van der Waals surface area contributed by atoms with Gasteiger partial charge in [-0.3, -0.25) is 0 Å². The van der Waals surface area contributed by atoms with E-state index in [1.165, 1.54) is 0 Å². The van der Waals surface area contributed by atoms with Crippen LogP contribution in [0, 0.1) is 0 Å². The first-order chi connectivity index (χ1) is 2.81. The van der Waals surface area contributed by atoms with Crippen molar-refractivity contribution in [1.29, 1.82) is 0 Å². The Bertz CT molecular complexity index is 28.9. The molecule has 0 aromatic rings. The van der Waals surface area contributed by atoms with E-state index in [4.69, 9.17) is 16.1 Å². The normalized spacial score (nSPS) is 12.4. The lowest BCUT2D eigenvalue weighted by atomic mass is 10.7. The van der Waals surface area contributed by atoms with Crippen LogP contribution in [-0.4, -0.2) is 28.7 Å². The Morgan fingerprint density at radius 1 is 1.71 bits per heavy atom. The Labute approximate surface area is 40.6 Å². The fourth-order valence-corrected chi connectivity index (χ4v) is 0.0430. The maximum atomic E-state index is 8.07. The quantitative estimate of drug-likeness (QED) is 0.216. The fourth-order valence-electron chi connectivity index (χ4n) is 0.0430. The molecule has 0 spiro atoms. The number of aliphatic hydroxyl groups is 1. The third-order valence-electron chi connectivity index (χ3n) is 0.323. The summed E-state index contributed by atoms with van der Waals surface area (Å²) in [5, 5.41) is 15.6. The highest BCUT2D eigenvalue weighted by atomic mass is 17.1. The van der Waals surface area contributed by atoms with Gasteiger partial charge in [-0.1, -0.05) is 0 Å². The third-order valence-corrected chi connectivity index (χ3v) is 0.323. The molecule has 0 aliphatic heterocycles. The molecule has 0 radical (unpaired) electrons. The fraction of sp³-hybridized carbons (Fsp3) is 1.00. The van der Waals surface area contributed by atoms with Gasteiger partial charge in [0.25, 0.3) is 0 Å². The summed E-state index contributed by atoms with van der Waals surface area (Å²) < 4.78 is 0. The second kappa shape index (κ2) is 5.80. The lowest BCUT2D eigenvalue weighted by Gasteiger charge is -1.97. The average Bonchev–Trinajstić information content (AvgIpc) is 1.65. The van der Waals surface area contributed by atoms with E-state index in [1.54, 1.807) is 0 Å². The van der Waals surface area contributed by atoms with Crippen LogP contribution >= 0.6 is 0 Å². The van der Waals surface area contributed by atoms with Crippen molar-refractivity contribution in [3.8, 4) is 0 Å². The largest absolute Gasteiger partial charge is 0.412 e. The van der Waals surface area contributed by atoms with E-state index in [-0.39, 0.29) is 12.0 Å². The molecular weight excluding hydrogens is 102 g/mol. The molecule has 6 N–H and O–H groups in total. The Balaban J connectivity index is 0. The maximum Gasteiger partial charge on any atom is 0.200 e. The molecule has 7 heavy (non-hydrogen) atoms. The molecule has 0 aliphatic carbocycles. The van der Waals surface area contributed by atoms with Gasteiger partial charge in [0.15, 0.2) is 0 Å². The highest BCUT2D eigenvalue weighted by Crippen LogP contribution is 1.72. The summed E-state index contributed by atoms with van der Waals surface area (Å²) in [7, 11) is 0. The molecule has 0 aromatic heterocycles. The molecular formula is C2H9NO4. The summed E-state index contributed by atoms with van der Waals surface area (Å²) in [5.74, 6) is 0. The molecule has 1 atom stereocenters. The topological polar surface area (TPSA) is 107 Å². The predicted octanol–water partition coefficient (Wildman–Crippen LogP) is -2.07. The van der Waals surface area contributed by atoms with Crippen LogP contribution in [-0.2, 0) is 4.89 Å². The highest BCUT2D eigenvalue weighted by molar-refractivity contribution is 4.30. The van der Waals surface area contributed by atoms with Crippen molar-refractivity contribution >= 4 is 0 Å². The number of aliphatic hydroxyl groups excluding tert-OH is 1. The average molecular weight is 111 g/mol. The molecule has 46 valence electrons. The molecule has 0 rings (SSSR count). The summed E-state index contributed by atoms with van der Waals surface area (Å²) in [5.41, 5.74) is 4.75. The molecule has 0 saturated carbocycles. The van der Waals surface area contributed by atoms with E-state index in [0.717, 1.165) is 0 Å². The molecule has 0 amide bonds. The molecule has 0 bridgehead atoms. The zero-order valence-electron chi connectivity index (χ0n) is 3.66. The van der Waals surface area contributed by atoms with Gasteiger partial charge in [-0.05, 0) is 0 Å². The van der Waals surface area contributed by atoms with E-state index in [2.05, 4.69) is 4.89 Å². The Morgan fingerprint density at radius 3 is 2.14 bits per heavy atom. The van der Waals surface area contributed by atoms with Gasteiger partial charge in [0.2, 0.25) is 6.29 Å². The molecule has 0 fully saturated rings. The van der Waals surface area contributed by atoms with Crippen LogP contribution in [0.4, 0.5) is 0 Å². The van der Waals surface area contributed by atoms with Gasteiger partial charge in [-0.25, -0.2) is 10.1 Å². The van der Waals surface area contributed by atoms with Crippen LogP contribution in [0.2, 0.25) is 0 Å². The predicted molar refractivity (Wildman–Crippen MR) is 22.4 cm³/mol. The summed E-state index contributed by atoms with van der Waals surface area (Å²) >= 11 is 0. The smallest absolute Gasteiger partial charge is 0.200 e. The van der Waals surface area contributed by atoms with Gasteiger partial charge in [-0.2, -0.15) is 0 Å². The molecule has 0 aromatic carbocycles. The second-order valence-electron chi connectivity index (χ2n) is 0.796. The van der Waals surface area contributed by atoms with E-state index in [9.17, 15) is 0 Å². The van der Waals surface area contributed by atoms with Crippen LogP contribution < -0.4 is 5.73 Å². The Hall–Kier alpha value is -0.200. The first kappa shape index (κ1) is 9.93. The van der Waals surface area contributed by atoms with Crippen LogP contribution in [0.5, 0.6) is 0 Å². The molecule has 0 aliphatic rings. The number of rotatable bonds is 2. The van der Waals surface area contributed by atoms with Crippen molar-refractivity contribution in [2.75, 3.05) is 6.54 Å². The minimum atomic E-state index is -1.23. The number of hydrogen-bond donors (Lipinski definition) is 3. The van der Waals surface area contributed by atoms with Crippen LogP contribution in [0.1, 0.15) is 0 Å². The van der Waals surface area contributed by atoms with E-state index in [0.29, 0.717) is 0 Å². The van der Waals surface area contributed by atoms with Crippen LogP contribution in [0.15, 0.2) is 0 Å². The highest BCUT2D eigenvalue weighted by Gasteiger charge is 1.93. The van der Waals surface area contributed by atoms with Gasteiger partial charge in [-0.15, -0.1) is 0 Å². The number of nitrogens with two attached hydrogens (primary N) is 1. The van der Waals surface area contributed by atoms with Gasteiger partial charge < -0.3 is 16.3 Å². The summed E-state index contributed by atoms with van der Waals surface area (Å²) in [6.45, 7) is -0.0868. The first-order valence-corrected chi connectivity index (χ1v) is 1.49. The SMILES string of the molecule is NCC(O)OO.O. The van der Waals surface area contributed by atoms with Gasteiger partial charge in [0.1, 0.15) is 0 Å². The van der Waals surface area contributed by atoms with Gasteiger partial charge in [0, 0.05) is 6.54 Å². The first-order valence-electron chi connectivity index (χ1n) is 1.49. The minimum absolute atomic E-state index is 0. The minimum Gasteiger partial charge on any atom is -0.412 e. The summed E-state index contributed by atoms with van der Waals surface area (Å²) in [6.07, 6.45) is -1.23. The lowest BCUT2D eigenvalue weighted by Crippen LogP contribution is -2.21. The van der Waals surface area contributed by atoms with Gasteiger partial charge in [0.05, 0.1) is 0 Å². The van der Waals surface area contributed by atoms with Crippen molar-refractivity contribution in [2.24, 2.45) is 5.73 Å². The zero-order chi connectivity index (χ0) is 4.99. The van der Waals surface area contributed by atoms with Crippen molar-refractivity contribution in [3.05, 3.63) is 0 Å². The van der Waals surface area contributed by atoms with E-state index >= 15 is 0 Å². The maximum absolute atomic E-state index is 8.07. The van der Waals surface area contributed by atoms with Crippen molar-refractivity contribution < 1.29 is 20.7 Å². The molecule has 5 nitrogen and oxygen atoms in total. The van der Waals surface area contributed by atoms with Crippen molar-refractivity contribution in [3.63, 3.8) is 0 Å². The van der Waals surface area contributed by atoms with Crippen molar-refractivity contribution in [1.82, 2.24) is 0 Å². The van der Waals surface area contributed by atoms with Gasteiger partial charge >= 0.3 is 0 Å². The molecule has 0 saturated heterocycles. The summed E-state index contributed by atoms with van der Waals surface area (Å²) in [4.78, 5) is 3.33. The van der Waals surface area contributed by atoms with Crippen LogP contribution in [0.3, 0.4) is 0 Å². The van der Waals surface area contributed by atoms with E-state index in [1.807, 2.05) is 0 Å². The van der Waals surface area contributed by atoms with E-state index < -0.39 is 6.29 Å². The second-order valence-corrected chi connectivity index (χ2v) is 0.796. The van der Waals surface area contributed by atoms with Crippen molar-refractivity contribution in [2.45, 2.75) is 6.29 Å². The molecule has 5 heteroatoms.